The normalized spacial score (nSPS) is 28.5. The zero-order valence-corrected chi connectivity index (χ0v) is 14.3. The largest absolute Gasteiger partial charge is 0.497 e. The van der Waals surface area contributed by atoms with Crippen molar-refractivity contribution >= 4 is 0 Å². The lowest BCUT2D eigenvalue weighted by Gasteiger charge is -2.45. The van der Waals surface area contributed by atoms with Crippen LogP contribution in [0.3, 0.4) is 0 Å². The van der Waals surface area contributed by atoms with E-state index < -0.39 is 0 Å². The molecule has 4 nitrogen and oxygen atoms in total. The minimum atomic E-state index is 0.327. The minimum Gasteiger partial charge on any atom is -0.497 e. The van der Waals surface area contributed by atoms with Gasteiger partial charge < -0.3 is 9.47 Å². The van der Waals surface area contributed by atoms with E-state index in [9.17, 15) is 0 Å². The summed E-state index contributed by atoms with van der Waals surface area (Å²) >= 11 is 0. The summed E-state index contributed by atoms with van der Waals surface area (Å²) in [4.78, 5) is 5.18. The van der Waals surface area contributed by atoms with E-state index in [0.717, 1.165) is 38.3 Å². The number of methoxy groups -OCH3 is 2. The van der Waals surface area contributed by atoms with Crippen molar-refractivity contribution in [3.63, 3.8) is 0 Å². The molecule has 2 bridgehead atoms. The molecule has 0 spiro atoms. The second kappa shape index (κ2) is 7.47. The highest BCUT2D eigenvalue weighted by molar-refractivity contribution is 5.27. The van der Waals surface area contributed by atoms with E-state index >= 15 is 0 Å². The summed E-state index contributed by atoms with van der Waals surface area (Å²) in [6, 6.07) is 9.50. The Kier molecular flexibility index (Phi) is 5.36. The lowest BCUT2D eigenvalue weighted by molar-refractivity contribution is -0.0222. The first-order chi connectivity index (χ1) is 11.2. The predicted octanol–water partition coefficient (Wildman–Crippen LogP) is 2.54. The highest BCUT2D eigenvalue weighted by atomic mass is 16.5. The third-order valence-electron chi connectivity index (χ3n) is 5.28. The summed E-state index contributed by atoms with van der Waals surface area (Å²) in [7, 11) is 3.56. The fraction of sp³-hybridized carbons (Fsp3) is 0.579. The highest BCUT2D eigenvalue weighted by Gasteiger charge is 2.41. The summed E-state index contributed by atoms with van der Waals surface area (Å²) in [5, 5.41) is 0. The van der Waals surface area contributed by atoms with Crippen LogP contribution in [0.4, 0.5) is 0 Å². The molecule has 3 heterocycles. The Morgan fingerprint density at radius 2 is 1.91 bits per heavy atom. The van der Waals surface area contributed by atoms with Crippen molar-refractivity contribution in [2.45, 2.75) is 37.6 Å². The molecule has 126 valence electrons. The van der Waals surface area contributed by atoms with Crippen LogP contribution < -0.4 is 4.74 Å². The summed E-state index contributed by atoms with van der Waals surface area (Å²) < 4.78 is 11.1. The van der Waals surface area contributed by atoms with Gasteiger partial charge in [-0.25, -0.2) is 0 Å². The molecule has 0 unspecified atom stereocenters. The summed E-state index contributed by atoms with van der Waals surface area (Å²) in [5.41, 5.74) is 1.34. The number of benzene rings is 1. The highest BCUT2D eigenvalue weighted by Crippen LogP contribution is 2.30. The van der Waals surface area contributed by atoms with Crippen LogP contribution in [0.2, 0.25) is 0 Å². The van der Waals surface area contributed by atoms with Crippen LogP contribution in [-0.4, -0.2) is 61.8 Å². The molecule has 0 aromatic heterocycles. The first-order valence-electron chi connectivity index (χ1n) is 8.50. The Hall–Kier alpha value is -1.36. The maximum atomic E-state index is 5.82. The van der Waals surface area contributed by atoms with Gasteiger partial charge in [-0.2, -0.15) is 0 Å². The number of nitrogens with zero attached hydrogens (tertiary/aromatic N) is 2. The van der Waals surface area contributed by atoms with Crippen molar-refractivity contribution < 1.29 is 9.47 Å². The first kappa shape index (κ1) is 16.5. The van der Waals surface area contributed by atoms with Crippen LogP contribution in [0.15, 0.2) is 36.9 Å². The fourth-order valence-corrected chi connectivity index (χ4v) is 4.01. The molecule has 4 rings (SSSR count). The lowest BCUT2D eigenvalue weighted by atomic mass is 10.0. The standard InChI is InChI=1S/C19H28N2O2/c1-4-11-20-14-18-19(23-3)10-7-16(20)13-21(18)12-15-5-8-17(22-2)9-6-15/h4-6,8-9,16,18-19H,1,7,10-14H2,2-3H3/t16-,18+,19+/m1/s1. The molecule has 3 saturated heterocycles. The van der Waals surface area contributed by atoms with Crippen LogP contribution in [0.5, 0.6) is 5.75 Å². The smallest absolute Gasteiger partial charge is 0.118 e. The van der Waals surface area contributed by atoms with E-state index in [-0.39, 0.29) is 0 Å². The molecule has 0 radical (unpaired) electrons. The van der Waals surface area contributed by atoms with Crippen molar-refractivity contribution in [1.82, 2.24) is 9.80 Å². The number of hydrogen-bond acceptors (Lipinski definition) is 4. The van der Waals surface area contributed by atoms with Crippen molar-refractivity contribution in [3.8, 4) is 5.75 Å². The Balaban J connectivity index is 1.74. The predicted molar refractivity (Wildman–Crippen MR) is 92.8 cm³/mol. The maximum absolute atomic E-state index is 5.82. The third kappa shape index (κ3) is 3.60. The molecule has 0 aliphatic carbocycles. The number of piperazine rings is 1. The Morgan fingerprint density at radius 3 is 2.57 bits per heavy atom. The molecule has 0 N–H and O–H groups in total. The van der Waals surface area contributed by atoms with Gasteiger partial charge in [-0.1, -0.05) is 18.2 Å². The SMILES string of the molecule is C=CCN1C[C@H]2[C@@H](OC)CC[C@@H]1CN2Cc1ccc(OC)cc1. The molecule has 1 aromatic rings. The van der Waals surface area contributed by atoms with Gasteiger partial charge in [0.15, 0.2) is 0 Å². The average Bonchev–Trinajstić information content (AvgIpc) is 2.85. The summed E-state index contributed by atoms with van der Waals surface area (Å²) in [6.07, 6.45) is 4.71. The molecule has 3 fully saturated rings. The zero-order valence-electron chi connectivity index (χ0n) is 14.3. The Bertz CT molecular complexity index is 517. The van der Waals surface area contributed by atoms with Crippen LogP contribution in [-0.2, 0) is 11.3 Å². The minimum absolute atomic E-state index is 0.327. The van der Waals surface area contributed by atoms with Gasteiger partial charge >= 0.3 is 0 Å². The molecule has 0 saturated carbocycles. The molecular formula is C19H28N2O2. The van der Waals surface area contributed by atoms with E-state index in [2.05, 4.69) is 28.5 Å². The van der Waals surface area contributed by atoms with Crippen molar-refractivity contribution in [1.29, 1.82) is 0 Å². The van der Waals surface area contributed by atoms with Gasteiger partial charge in [0.25, 0.3) is 0 Å². The Morgan fingerprint density at radius 1 is 1.13 bits per heavy atom. The number of hydrogen-bond donors (Lipinski definition) is 0. The quantitative estimate of drug-likeness (QED) is 0.753. The van der Waals surface area contributed by atoms with Crippen LogP contribution >= 0.6 is 0 Å². The second-order valence-corrected chi connectivity index (χ2v) is 6.59. The van der Waals surface area contributed by atoms with Gasteiger partial charge in [0.05, 0.1) is 13.2 Å². The average molecular weight is 316 g/mol. The summed E-state index contributed by atoms with van der Waals surface area (Å²) in [6.45, 7) is 8.06. The molecule has 4 heteroatoms. The molecule has 3 atom stereocenters. The van der Waals surface area contributed by atoms with Gasteiger partial charge in [-0.3, -0.25) is 9.80 Å². The second-order valence-electron chi connectivity index (χ2n) is 6.59. The third-order valence-corrected chi connectivity index (χ3v) is 5.28. The van der Waals surface area contributed by atoms with Crippen LogP contribution in [0.25, 0.3) is 0 Å². The van der Waals surface area contributed by atoms with Crippen LogP contribution in [0, 0.1) is 0 Å². The molecular weight excluding hydrogens is 288 g/mol. The Labute approximate surface area is 139 Å². The van der Waals surface area contributed by atoms with Crippen molar-refractivity contribution in [2.24, 2.45) is 0 Å². The number of fused-ring (bicyclic) bond motifs is 4. The van der Waals surface area contributed by atoms with E-state index in [4.69, 9.17) is 9.47 Å². The number of rotatable bonds is 6. The molecule has 1 aromatic carbocycles. The maximum Gasteiger partial charge on any atom is 0.118 e. The monoisotopic (exact) mass is 316 g/mol. The van der Waals surface area contributed by atoms with Gasteiger partial charge in [0, 0.05) is 45.4 Å². The van der Waals surface area contributed by atoms with E-state index in [1.807, 2.05) is 25.3 Å². The molecule has 23 heavy (non-hydrogen) atoms. The van der Waals surface area contributed by atoms with Gasteiger partial charge in [-0.15, -0.1) is 6.58 Å². The van der Waals surface area contributed by atoms with Crippen molar-refractivity contribution in [2.75, 3.05) is 33.9 Å². The van der Waals surface area contributed by atoms with Gasteiger partial charge in [0.1, 0.15) is 5.75 Å². The van der Waals surface area contributed by atoms with E-state index in [1.165, 1.54) is 12.0 Å². The topological polar surface area (TPSA) is 24.9 Å². The summed E-state index contributed by atoms with van der Waals surface area (Å²) in [5.74, 6) is 0.915. The molecule has 3 aliphatic rings. The molecule has 0 amide bonds. The van der Waals surface area contributed by atoms with E-state index in [1.54, 1.807) is 7.11 Å². The van der Waals surface area contributed by atoms with Crippen molar-refractivity contribution in [3.05, 3.63) is 42.5 Å². The van der Waals surface area contributed by atoms with Crippen LogP contribution in [0.1, 0.15) is 18.4 Å². The van der Waals surface area contributed by atoms with Gasteiger partial charge in [0.2, 0.25) is 0 Å². The fourth-order valence-electron chi connectivity index (χ4n) is 4.01. The lowest BCUT2D eigenvalue weighted by Crippen LogP contribution is -2.58. The number of ether oxygens (including phenoxy) is 2. The zero-order chi connectivity index (χ0) is 16.2. The molecule has 3 aliphatic heterocycles. The first-order valence-corrected chi connectivity index (χ1v) is 8.50. The van der Waals surface area contributed by atoms with E-state index in [0.29, 0.717) is 18.2 Å². The van der Waals surface area contributed by atoms with Gasteiger partial charge in [-0.05, 0) is 30.5 Å².